The van der Waals surface area contributed by atoms with Crippen LogP contribution >= 0.6 is 0 Å². The molecule has 4 unspecified atom stereocenters. The molecule has 8 rings (SSSR count). The van der Waals surface area contributed by atoms with Gasteiger partial charge < -0.3 is 38.3 Å². The Balaban J connectivity index is 0.000000185. The van der Waals surface area contributed by atoms with Crippen molar-refractivity contribution in [2.75, 3.05) is 39.6 Å². The van der Waals surface area contributed by atoms with Gasteiger partial charge in [-0.2, -0.15) is 0 Å². The molecule has 2 saturated heterocycles. The highest BCUT2D eigenvalue weighted by atomic mass is 16.7. The van der Waals surface area contributed by atoms with Gasteiger partial charge in [0.15, 0.2) is 11.6 Å². The fraction of sp³-hybridized carbons (Fsp3) is 0.940. The van der Waals surface area contributed by atoms with Crippen molar-refractivity contribution in [3.05, 3.63) is 0 Å². The number of fused-ring (bicyclic) bond motifs is 4. The molecule has 14 atom stereocenters. The van der Waals surface area contributed by atoms with Crippen LogP contribution in [0.4, 0.5) is 0 Å². The van der Waals surface area contributed by atoms with Gasteiger partial charge in [0.25, 0.3) is 0 Å². The first-order chi connectivity index (χ1) is 28.9. The number of hydrogen-bond donors (Lipinski definition) is 1. The molecule has 0 bridgehead atoms. The summed E-state index contributed by atoms with van der Waals surface area (Å²) in [4.78, 5) is 35.8. The van der Waals surface area contributed by atoms with Crippen LogP contribution in [0.2, 0.25) is 0 Å². The van der Waals surface area contributed by atoms with E-state index in [0.717, 1.165) is 83.5 Å². The van der Waals surface area contributed by atoms with E-state index in [1.807, 2.05) is 0 Å². The van der Waals surface area contributed by atoms with Crippen molar-refractivity contribution in [3.63, 3.8) is 0 Å². The predicted octanol–water partition coefficient (Wildman–Crippen LogP) is 9.20. The van der Waals surface area contributed by atoms with Crippen molar-refractivity contribution in [2.24, 2.45) is 69.0 Å². The van der Waals surface area contributed by atoms with E-state index >= 15 is 0 Å². The zero-order valence-corrected chi connectivity index (χ0v) is 39.4. The minimum absolute atomic E-state index is 0.0568. The van der Waals surface area contributed by atoms with Crippen molar-refractivity contribution in [1.29, 1.82) is 0 Å². The molecular weight excluding hydrogens is 777 g/mol. The number of hydrogen-bond acceptors (Lipinski definition) is 11. The van der Waals surface area contributed by atoms with Crippen molar-refractivity contribution in [3.8, 4) is 0 Å². The van der Waals surface area contributed by atoms with Crippen LogP contribution in [0.3, 0.4) is 0 Å². The van der Waals surface area contributed by atoms with Gasteiger partial charge >= 0.3 is 17.9 Å². The average Bonchev–Trinajstić information content (AvgIpc) is 4.00. The molecule has 0 aromatic heterocycles. The molecule has 2 spiro atoms. The van der Waals surface area contributed by atoms with E-state index in [-0.39, 0.29) is 70.2 Å². The summed E-state index contributed by atoms with van der Waals surface area (Å²) in [7, 11) is 0. The lowest BCUT2D eigenvalue weighted by atomic mass is 9.50. The molecule has 8 fully saturated rings. The zero-order valence-electron chi connectivity index (χ0n) is 39.4. The highest BCUT2D eigenvalue weighted by Gasteiger charge is 2.69. The molecule has 8 aliphatic rings. The standard InChI is InChI=1S/C26H42O6.C24H40O5/c1-17-6-10-24(4,20(16-17)9-13-29-18(2)27)21-7-11-25(5)22(23(21)32-19(3)28)8-12-26(25)30-14-15-31-26;1-16-5-9-22(3,18(15-16)8-12-25)19-6-10-23(4)20(21(19)29-17(2)26)7-11-24(23)27-13-14-28-24/h17,20-23H,6-16H2,1-5H3;16,18-21,25H,5-15H2,1-4H3/t17-,20-,21?,22?,23+,24-,25-;16-,18-,19?,20?,21+,22-,23-/m00/s1. The summed E-state index contributed by atoms with van der Waals surface area (Å²) in [5, 5.41) is 9.76. The van der Waals surface area contributed by atoms with Gasteiger partial charge in [-0.25, -0.2) is 0 Å². The molecular formula is C50H82O11. The van der Waals surface area contributed by atoms with Crippen LogP contribution in [-0.2, 0) is 47.5 Å². The summed E-state index contributed by atoms with van der Waals surface area (Å²) in [6.45, 7) is 22.0. The fourth-order valence-corrected chi connectivity index (χ4v) is 15.7. The highest BCUT2D eigenvalue weighted by molar-refractivity contribution is 5.67. The molecule has 61 heavy (non-hydrogen) atoms. The predicted molar refractivity (Wildman–Crippen MR) is 230 cm³/mol. The topological polar surface area (TPSA) is 136 Å². The normalized spacial score (nSPS) is 44.8. The van der Waals surface area contributed by atoms with E-state index in [4.69, 9.17) is 33.2 Å². The van der Waals surface area contributed by atoms with E-state index in [9.17, 15) is 19.5 Å². The third-order valence-electron chi connectivity index (χ3n) is 19.1. The molecule has 11 nitrogen and oxygen atoms in total. The molecule has 1 N–H and O–H groups in total. The van der Waals surface area contributed by atoms with E-state index in [1.165, 1.54) is 26.2 Å². The molecule has 2 heterocycles. The summed E-state index contributed by atoms with van der Waals surface area (Å²) in [5.41, 5.74) is -0.0817. The Hall–Kier alpha value is -1.79. The Kier molecular flexibility index (Phi) is 14.1. The molecule has 0 aromatic rings. The van der Waals surface area contributed by atoms with E-state index < -0.39 is 11.6 Å². The van der Waals surface area contributed by atoms with E-state index in [2.05, 4.69) is 41.5 Å². The van der Waals surface area contributed by atoms with Crippen molar-refractivity contribution >= 4 is 17.9 Å². The second kappa shape index (κ2) is 18.2. The number of ether oxygens (including phenoxy) is 7. The largest absolute Gasteiger partial charge is 0.466 e. The maximum atomic E-state index is 12.3. The van der Waals surface area contributed by atoms with Crippen LogP contribution in [0.25, 0.3) is 0 Å². The van der Waals surface area contributed by atoms with Crippen molar-refractivity contribution < 1.29 is 52.6 Å². The van der Waals surface area contributed by atoms with Gasteiger partial charge in [0.2, 0.25) is 0 Å². The molecule has 0 aromatic carbocycles. The van der Waals surface area contributed by atoms with Gasteiger partial charge in [0.1, 0.15) is 12.2 Å². The molecule has 6 aliphatic carbocycles. The third-order valence-corrected chi connectivity index (χ3v) is 19.1. The Labute approximate surface area is 367 Å². The minimum Gasteiger partial charge on any atom is -0.466 e. The number of carbonyl (C=O) groups excluding carboxylic acids is 3. The van der Waals surface area contributed by atoms with Gasteiger partial charge in [0, 0.05) is 74.7 Å². The monoisotopic (exact) mass is 859 g/mol. The van der Waals surface area contributed by atoms with Crippen LogP contribution in [0, 0.1) is 69.0 Å². The van der Waals surface area contributed by atoms with Crippen LogP contribution < -0.4 is 0 Å². The summed E-state index contributed by atoms with van der Waals surface area (Å²) >= 11 is 0. The third kappa shape index (κ3) is 8.49. The lowest BCUT2D eigenvalue weighted by Crippen LogP contribution is -2.58. The second-order valence-electron chi connectivity index (χ2n) is 22.3. The van der Waals surface area contributed by atoms with E-state index in [1.54, 1.807) is 13.8 Å². The van der Waals surface area contributed by atoms with Gasteiger partial charge in [-0.3, -0.25) is 14.4 Å². The molecule has 348 valence electrons. The van der Waals surface area contributed by atoms with Crippen molar-refractivity contribution in [1.82, 2.24) is 0 Å². The zero-order chi connectivity index (χ0) is 44.0. The lowest BCUT2D eigenvalue weighted by Gasteiger charge is -2.57. The van der Waals surface area contributed by atoms with E-state index in [0.29, 0.717) is 68.5 Å². The van der Waals surface area contributed by atoms with Crippen LogP contribution in [0.1, 0.15) is 165 Å². The molecule has 0 amide bonds. The summed E-state index contributed by atoms with van der Waals surface area (Å²) in [5.74, 6) is 1.87. The summed E-state index contributed by atoms with van der Waals surface area (Å²) in [6, 6.07) is 0. The number of aliphatic hydroxyl groups excluding tert-OH is 1. The first kappa shape index (κ1) is 47.2. The summed E-state index contributed by atoms with van der Waals surface area (Å²) < 4.78 is 42.6. The smallest absolute Gasteiger partial charge is 0.302 e. The Morgan fingerprint density at radius 1 is 0.541 bits per heavy atom. The van der Waals surface area contributed by atoms with Gasteiger partial charge in [-0.15, -0.1) is 0 Å². The average molecular weight is 859 g/mol. The van der Waals surface area contributed by atoms with Gasteiger partial charge in [0.05, 0.1) is 33.0 Å². The number of carbonyl (C=O) groups is 3. The Bertz CT molecular complexity index is 1550. The Morgan fingerprint density at radius 2 is 0.934 bits per heavy atom. The number of rotatable bonds is 9. The molecule has 2 aliphatic heterocycles. The molecule has 6 saturated carbocycles. The van der Waals surface area contributed by atoms with Crippen LogP contribution in [0.5, 0.6) is 0 Å². The molecule has 11 heteroatoms. The maximum absolute atomic E-state index is 12.3. The quantitative estimate of drug-likeness (QED) is 0.176. The number of aliphatic hydroxyl groups is 1. The van der Waals surface area contributed by atoms with Crippen LogP contribution in [0.15, 0.2) is 0 Å². The second-order valence-corrected chi connectivity index (χ2v) is 22.3. The summed E-state index contributed by atoms with van der Waals surface area (Å²) in [6.07, 6.45) is 16.4. The first-order valence-corrected chi connectivity index (χ1v) is 24.5. The van der Waals surface area contributed by atoms with Crippen molar-refractivity contribution in [2.45, 2.75) is 189 Å². The van der Waals surface area contributed by atoms with Gasteiger partial charge in [-0.05, 0) is 112 Å². The maximum Gasteiger partial charge on any atom is 0.302 e. The minimum atomic E-state index is -0.516. The highest BCUT2D eigenvalue weighted by Crippen LogP contribution is 2.67. The SMILES string of the molecule is CC(=O)OCC[C@H]1C[C@@H](C)CC[C@]1(C)C1CC[C@@]2(C)C(CCC23OCCO3)[C@@H]1OC(C)=O.CC(=O)O[C@H]1C2CCC3(OCCO3)[C@@]2(C)CCC1[C@@]1(C)CC[C@H](C)C[C@@H]1CCO. The molecule has 0 radical (unpaired) electrons. The number of esters is 3. The van der Waals surface area contributed by atoms with Gasteiger partial charge in [-0.1, -0.05) is 54.4 Å². The first-order valence-electron chi connectivity index (χ1n) is 24.5. The Morgan fingerprint density at radius 3 is 1.31 bits per heavy atom. The van der Waals surface area contributed by atoms with Crippen LogP contribution in [-0.4, -0.2) is 86.4 Å². The lowest BCUT2D eigenvalue weighted by molar-refractivity contribution is -0.252. The fourth-order valence-electron chi connectivity index (χ4n) is 15.7.